The molecule has 1 heterocycles. The number of hydrogen-bond donors (Lipinski definition) is 2. The van der Waals surface area contributed by atoms with Crippen molar-refractivity contribution >= 4 is 33.6 Å². The van der Waals surface area contributed by atoms with Gasteiger partial charge in [-0.05, 0) is 0 Å². The lowest BCUT2D eigenvalue weighted by Crippen LogP contribution is -2.54. The van der Waals surface area contributed by atoms with Gasteiger partial charge in [-0.1, -0.05) is 6.92 Å². The number of aliphatic carboxylic acids is 1. The summed E-state index contributed by atoms with van der Waals surface area (Å²) in [6, 6.07) is -0.462. The zero-order chi connectivity index (χ0) is 15.9. The van der Waals surface area contributed by atoms with Crippen molar-refractivity contribution in [3.05, 3.63) is 0 Å². The van der Waals surface area contributed by atoms with E-state index in [1.165, 1.54) is 16.7 Å². The Bertz CT molecular complexity index is 467. The SMILES string of the molecule is CCS(=O)(=O)C1CSCCN1C(=O)NCCOCC(=O)O. The van der Waals surface area contributed by atoms with Crippen molar-refractivity contribution in [1.82, 2.24) is 10.2 Å². The highest BCUT2D eigenvalue weighted by molar-refractivity contribution is 8.01. The Morgan fingerprint density at radius 3 is 2.81 bits per heavy atom. The Labute approximate surface area is 128 Å². The maximum Gasteiger partial charge on any atom is 0.329 e. The van der Waals surface area contributed by atoms with Crippen molar-refractivity contribution in [2.75, 3.05) is 43.6 Å². The molecule has 1 rings (SSSR count). The van der Waals surface area contributed by atoms with E-state index in [2.05, 4.69) is 5.32 Å². The van der Waals surface area contributed by atoms with Crippen LogP contribution in [-0.2, 0) is 19.4 Å². The Hall–Kier alpha value is -1.00. The summed E-state index contributed by atoms with van der Waals surface area (Å²) in [5, 5.41) is 10.1. The molecule has 0 spiro atoms. The van der Waals surface area contributed by atoms with E-state index in [1.54, 1.807) is 6.92 Å². The number of sulfone groups is 1. The van der Waals surface area contributed by atoms with Crippen LogP contribution in [0.25, 0.3) is 0 Å². The number of carboxylic acid groups (broad SMARTS) is 1. The summed E-state index contributed by atoms with van der Waals surface area (Å²) in [5.41, 5.74) is 0. The number of hydrogen-bond acceptors (Lipinski definition) is 6. The molecule has 10 heteroatoms. The molecule has 2 amide bonds. The lowest BCUT2D eigenvalue weighted by molar-refractivity contribution is -0.142. The minimum atomic E-state index is -3.33. The summed E-state index contributed by atoms with van der Waals surface area (Å²) >= 11 is 1.51. The number of carbonyl (C=O) groups is 2. The maximum absolute atomic E-state index is 12.0. The van der Waals surface area contributed by atoms with Crippen molar-refractivity contribution in [2.24, 2.45) is 0 Å². The number of nitrogens with zero attached hydrogens (tertiary/aromatic N) is 1. The van der Waals surface area contributed by atoms with Gasteiger partial charge in [0.05, 0.1) is 6.61 Å². The van der Waals surface area contributed by atoms with E-state index in [9.17, 15) is 18.0 Å². The van der Waals surface area contributed by atoms with Gasteiger partial charge in [0.1, 0.15) is 12.0 Å². The maximum atomic E-state index is 12.0. The summed E-state index contributed by atoms with van der Waals surface area (Å²) in [6.07, 6.45) is 0. The van der Waals surface area contributed by atoms with Gasteiger partial charge in [-0.25, -0.2) is 18.0 Å². The fourth-order valence-corrected chi connectivity index (χ4v) is 4.76. The molecule has 122 valence electrons. The van der Waals surface area contributed by atoms with E-state index in [-0.39, 0.29) is 18.9 Å². The smallest absolute Gasteiger partial charge is 0.329 e. The van der Waals surface area contributed by atoms with E-state index in [0.717, 1.165) is 0 Å². The largest absolute Gasteiger partial charge is 0.480 e. The Morgan fingerprint density at radius 2 is 2.19 bits per heavy atom. The summed E-state index contributed by atoms with van der Waals surface area (Å²) in [6.45, 7) is 1.70. The molecule has 2 N–H and O–H groups in total. The fraction of sp³-hybridized carbons (Fsp3) is 0.818. The van der Waals surface area contributed by atoms with E-state index in [0.29, 0.717) is 18.1 Å². The fourth-order valence-electron chi connectivity index (χ4n) is 1.79. The third kappa shape index (κ3) is 5.71. The van der Waals surface area contributed by atoms with E-state index >= 15 is 0 Å². The molecule has 0 saturated carbocycles. The summed E-state index contributed by atoms with van der Waals surface area (Å²) in [5.74, 6) is -0.0231. The monoisotopic (exact) mass is 340 g/mol. The quantitative estimate of drug-likeness (QED) is 0.607. The van der Waals surface area contributed by atoms with Gasteiger partial charge in [-0.15, -0.1) is 0 Å². The molecule has 0 aliphatic carbocycles. The first-order valence-electron chi connectivity index (χ1n) is 6.51. The summed E-state index contributed by atoms with van der Waals surface area (Å²) in [4.78, 5) is 23.6. The highest BCUT2D eigenvalue weighted by Gasteiger charge is 2.35. The summed E-state index contributed by atoms with van der Waals surface area (Å²) in [7, 11) is -3.33. The number of carboxylic acids is 1. The number of rotatable bonds is 7. The van der Waals surface area contributed by atoms with Gasteiger partial charge in [0.25, 0.3) is 0 Å². The van der Waals surface area contributed by atoms with Gasteiger partial charge in [-0.2, -0.15) is 11.8 Å². The highest BCUT2D eigenvalue weighted by atomic mass is 32.2. The first-order chi connectivity index (χ1) is 9.88. The van der Waals surface area contributed by atoms with Crippen molar-refractivity contribution in [3.63, 3.8) is 0 Å². The zero-order valence-electron chi connectivity index (χ0n) is 11.8. The molecule has 1 saturated heterocycles. The molecule has 1 aliphatic rings. The van der Waals surface area contributed by atoms with Crippen LogP contribution in [0.3, 0.4) is 0 Å². The number of ether oxygens (including phenoxy) is 1. The number of amides is 2. The van der Waals surface area contributed by atoms with Gasteiger partial charge in [-0.3, -0.25) is 0 Å². The van der Waals surface area contributed by atoms with E-state index in [1.807, 2.05) is 0 Å². The Morgan fingerprint density at radius 1 is 1.48 bits per heavy atom. The van der Waals surface area contributed by atoms with Crippen LogP contribution in [0.5, 0.6) is 0 Å². The number of urea groups is 1. The topological polar surface area (TPSA) is 113 Å². The average Bonchev–Trinajstić information content (AvgIpc) is 2.46. The summed E-state index contributed by atoms with van der Waals surface area (Å²) < 4.78 is 28.8. The minimum absolute atomic E-state index is 0.0102. The third-order valence-corrected chi connectivity index (χ3v) is 6.20. The van der Waals surface area contributed by atoms with Crippen molar-refractivity contribution in [2.45, 2.75) is 12.3 Å². The standard InChI is InChI=1S/C11H20N2O6S2/c1-2-21(17,18)9-8-20-6-4-13(9)11(16)12-3-5-19-7-10(14)15/h9H,2-8H2,1H3,(H,12,16)(H,14,15). The van der Waals surface area contributed by atoms with Crippen molar-refractivity contribution in [3.8, 4) is 0 Å². The van der Waals surface area contributed by atoms with Crippen LogP contribution in [0.4, 0.5) is 4.79 Å². The molecule has 1 fully saturated rings. The van der Waals surface area contributed by atoms with Crippen molar-refractivity contribution < 1.29 is 27.9 Å². The normalized spacial score (nSPS) is 19.3. The van der Waals surface area contributed by atoms with Gasteiger partial charge < -0.3 is 20.1 Å². The van der Waals surface area contributed by atoms with E-state index in [4.69, 9.17) is 9.84 Å². The van der Waals surface area contributed by atoms with Crippen LogP contribution in [-0.4, -0.2) is 79.4 Å². The van der Waals surface area contributed by atoms with Gasteiger partial charge in [0, 0.05) is 30.3 Å². The van der Waals surface area contributed by atoms with Crippen LogP contribution in [0.15, 0.2) is 0 Å². The third-order valence-electron chi connectivity index (χ3n) is 2.91. The molecule has 8 nitrogen and oxygen atoms in total. The molecule has 1 aliphatic heterocycles. The van der Waals surface area contributed by atoms with Crippen molar-refractivity contribution in [1.29, 1.82) is 0 Å². The second kappa shape index (κ2) is 8.44. The lowest BCUT2D eigenvalue weighted by Gasteiger charge is -2.34. The molecular weight excluding hydrogens is 320 g/mol. The highest BCUT2D eigenvalue weighted by Crippen LogP contribution is 2.21. The second-order valence-corrected chi connectivity index (χ2v) is 7.95. The molecule has 0 aromatic rings. The van der Waals surface area contributed by atoms with Crippen LogP contribution < -0.4 is 5.32 Å². The molecule has 1 unspecified atom stereocenters. The molecular formula is C11H20N2O6S2. The molecule has 0 radical (unpaired) electrons. The van der Waals surface area contributed by atoms with Crippen LogP contribution >= 0.6 is 11.8 Å². The molecule has 0 aromatic heterocycles. The average molecular weight is 340 g/mol. The molecule has 0 aromatic carbocycles. The molecule has 1 atom stereocenters. The first-order valence-corrected chi connectivity index (χ1v) is 9.38. The van der Waals surface area contributed by atoms with Gasteiger partial charge in [0.2, 0.25) is 0 Å². The van der Waals surface area contributed by atoms with Crippen LogP contribution in [0.1, 0.15) is 6.92 Å². The lowest BCUT2D eigenvalue weighted by atomic mass is 10.5. The van der Waals surface area contributed by atoms with Crippen LogP contribution in [0.2, 0.25) is 0 Å². The second-order valence-electron chi connectivity index (χ2n) is 4.35. The Kier molecular flexibility index (Phi) is 7.26. The number of nitrogens with one attached hydrogen (secondary N) is 1. The van der Waals surface area contributed by atoms with Gasteiger partial charge in [0.15, 0.2) is 9.84 Å². The molecule has 0 bridgehead atoms. The predicted octanol–water partition coefficient (Wildman–Crippen LogP) is -0.393. The minimum Gasteiger partial charge on any atom is -0.480 e. The van der Waals surface area contributed by atoms with E-state index < -0.39 is 33.8 Å². The first kappa shape index (κ1) is 18.1. The molecule has 21 heavy (non-hydrogen) atoms. The van der Waals surface area contributed by atoms with Gasteiger partial charge >= 0.3 is 12.0 Å². The number of carbonyl (C=O) groups excluding carboxylic acids is 1. The predicted molar refractivity (Wildman–Crippen MR) is 79.1 cm³/mol. The Balaban J connectivity index is 2.48. The number of thioether (sulfide) groups is 1. The van der Waals surface area contributed by atoms with Crippen LogP contribution in [0, 0.1) is 0 Å². The zero-order valence-corrected chi connectivity index (χ0v) is 13.4.